The minimum absolute atomic E-state index is 0.0746. The molecule has 0 saturated carbocycles. The van der Waals surface area contributed by atoms with Crippen molar-refractivity contribution in [1.29, 1.82) is 0 Å². The average Bonchev–Trinajstić information content (AvgIpc) is 2.59. The van der Waals surface area contributed by atoms with Crippen molar-refractivity contribution in [3.63, 3.8) is 0 Å². The third-order valence-electron chi connectivity index (χ3n) is 3.92. The summed E-state index contributed by atoms with van der Waals surface area (Å²) in [5.74, 6) is 0.431. The van der Waals surface area contributed by atoms with Crippen molar-refractivity contribution in [1.82, 2.24) is 4.90 Å². The van der Waals surface area contributed by atoms with Crippen molar-refractivity contribution >= 4 is 15.7 Å². The maximum atomic E-state index is 13.3. The van der Waals surface area contributed by atoms with E-state index in [0.29, 0.717) is 18.0 Å². The monoisotopic (exact) mass is 378 g/mol. The van der Waals surface area contributed by atoms with Gasteiger partial charge in [-0.1, -0.05) is 29.8 Å². The number of benzene rings is 2. The second kappa shape index (κ2) is 8.53. The summed E-state index contributed by atoms with van der Waals surface area (Å²) in [5.41, 5.74) is 1.37. The number of hydrogen-bond donors (Lipinski definition) is 1. The number of anilines is 1. The van der Waals surface area contributed by atoms with E-state index in [4.69, 9.17) is 4.74 Å². The molecule has 142 valence electrons. The smallest absolute Gasteiger partial charge is 0.264 e. The molecule has 0 aromatic heterocycles. The Morgan fingerprint density at radius 3 is 2.23 bits per heavy atom. The maximum absolute atomic E-state index is 13.3. The van der Waals surface area contributed by atoms with Gasteiger partial charge in [0.25, 0.3) is 10.0 Å². The number of methoxy groups -OCH3 is 1. The molecule has 0 bridgehead atoms. The van der Waals surface area contributed by atoms with Crippen LogP contribution in [-0.4, -0.2) is 58.8 Å². The normalized spacial score (nSPS) is 12.8. The molecule has 2 aromatic carbocycles. The summed E-state index contributed by atoms with van der Waals surface area (Å²) < 4.78 is 33.1. The molecule has 0 unspecified atom stereocenters. The molecule has 1 atom stereocenters. The first-order chi connectivity index (χ1) is 12.3. The zero-order valence-electron chi connectivity index (χ0n) is 15.6. The molecule has 0 aliphatic heterocycles. The Morgan fingerprint density at radius 2 is 1.65 bits per heavy atom. The van der Waals surface area contributed by atoms with Gasteiger partial charge in [0.05, 0.1) is 30.3 Å². The van der Waals surface area contributed by atoms with E-state index in [9.17, 15) is 13.5 Å². The van der Waals surface area contributed by atoms with Crippen LogP contribution in [0.3, 0.4) is 0 Å². The Balaban J connectivity index is 2.50. The van der Waals surface area contributed by atoms with E-state index < -0.39 is 16.1 Å². The van der Waals surface area contributed by atoms with Crippen molar-refractivity contribution < 1.29 is 18.3 Å². The molecule has 26 heavy (non-hydrogen) atoms. The highest BCUT2D eigenvalue weighted by Gasteiger charge is 2.29. The number of nitrogens with zero attached hydrogens (tertiary/aromatic N) is 2. The molecule has 0 saturated heterocycles. The predicted octanol–water partition coefficient (Wildman–Crippen LogP) is 2.12. The van der Waals surface area contributed by atoms with Crippen LogP contribution >= 0.6 is 0 Å². The Bertz CT molecular complexity index is 820. The lowest BCUT2D eigenvalue weighted by Gasteiger charge is -2.29. The maximum Gasteiger partial charge on any atom is 0.264 e. The van der Waals surface area contributed by atoms with Gasteiger partial charge in [0.2, 0.25) is 0 Å². The molecule has 0 spiro atoms. The minimum Gasteiger partial charge on any atom is -0.495 e. The largest absolute Gasteiger partial charge is 0.495 e. The Kier molecular flexibility index (Phi) is 6.63. The molecule has 6 nitrogen and oxygen atoms in total. The molecule has 0 amide bonds. The second-order valence-electron chi connectivity index (χ2n) is 6.44. The molecule has 0 radical (unpaired) electrons. The summed E-state index contributed by atoms with van der Waals surface area (Å²) in [6.45, 7) is 2.17. The fourth-order valence-corrected chi connectivity index (χ4v) is 4.18. The van der Waals surface area contributed by atoms with E-state index in [2.05, 4.69) is 0 Å². The number of aliphatic hydroxyl groups is 1. The first-order valence-corrected chi connectivity index (χ1v) is 9.75. The van der Waals surface area contributed by atoms with E-state index in [1.807, 2.05) is 25.9 Å². The van der Waals surface area contributed by atoms with Gasteiger partial charge >= 0.3 is 0 Å². The molecule has 7 heteroatoms. The summed E-state index contributed by atoms with van der Waals surface area (Å²) in [7, 11) is 1.28. The van der Waals surface area contributed by atoms with Gasteiger partial charge in [-0.15, -0.1) is 0 Å². The van der Waals surface area contributed by atoms with Crippen molar-refractivity contribution in [3.8, 4) is 5.75 Å². The van der Waals surface area contributed by atoms with Crippen LogP contribution in [0.15, 0.2) is 53.4 Å². The molecule has 2 rings (SSSR count). The topological polar surface area (TPSA) is 70.1 Å². The quantitative estimate of drug-likeness (QED) is 0.762. The van der Waals surface area contributed by atoms with Gasteiger partial charge in [-0.25, -0.2) is 8.42 Å². The highest BCUT2D eigenvalue weighted by atomic mass is 32.2. The number of sulfonamides is 1. The summed E-state index contributed by atoms with van der Waals surface area (Å²) >= 11 is 0. The molecule has 0 fully saturated rings. The zero-order chi connectivity index (χ0) is 19.3. The van der Waals surface area contributed by atoms with Crippen LogP contribution in [0.2, 0.25) is 0 Å². The van der Waals surface area contributed by atoms with Crippen molar-refractivity contribution in [2.45, 2.75) is 17.9 Å². The van der Waals surface area contributed by atoms with E-state index >= 15 is 0 Å². The number of ether oxygens (including phenoxy) is 1. The average molecular weight is 378 g/mol. The zero-order valence-corrected chi connectivity index (χ0v) is 16.4. The molecule has 0 heterocycles. The van der Waals surface area contributed by atoms with Crippen LogP contribution in [-0.2, 0) is 10.0 Å². The minimum atomic E-state index is -3.86. The Labute approximate surface area is 155 Å². The SMILES string of the molecule is COc1ccccc1N(C[C@H](O)CN(C)C)S(=O)(=O)c1ccc(C)cc1. The van der Waals surface area contributed by atoms with E-state index in [1.165, 1.54) is 11.4 Å². The molecule has 0 aliphatic carbocycles. The van der Waals surface area contributed by atoms with Gasteiger partial charge in [-0.2, -0.15) is 0 Å². The summed E-state index contributed by atoms with van der Waals surface area (Å²) in [4.78, 5) is 1.98. The first-order valence-electron chi connectivity index (χ1n) is 8.31. The molecule has 0 aliphatic rings. The fraction of sp³-hybridized carbons (Fsp3) is 0.368. The summed E-state index contributed by atoms with van der Waals surface area (Å²) in [6, 6.07) is 13.5. The number of aliphatic hydroxyl groups excluding tert-OH is 1. The van der Waals surface area contributed by atoms with Crippen LogP contribution in [0, 0.1) is 6.92 Å². The predicted molar refractivity (Wildman–Crippen MR) is 103 cm³/mol. The lowest BCUT2D eigenvalue weighted by molar-refractivity contribution is 0.145. The third-order valence-corrected chi connectivity index (χ3v) is 5.71. The standard InChI is InChI=1S/C19H26N2O4S/c1-15-9-11-17(12-10-15)26(23,24)21(14-16(22)13-20(2)3)18-7-5-6-8-19(18)25-4/h5-12,16,22H,13-14H2,1-4H3/t16-/m1/s1. The molecular formula is C19H26N2O4S. The van der Waals surface area contributed by atoms with Gasteiger partial charge in [0, 0.05) is 6.54 Å². The van der Waals surface area contributed by atoms with E-state index in [-0.39, 0.29) is 11.4 Å². The van der Waals surface area contributed by atoms with Gasteiger partial charge in [0.15, 0.2) is 0 Å². The molecular weight excluding hydrogens is 352 g/mol. The van der Waals surface area contributed by atoms with Crippen molar-refractivity contribution in [2.24, 2.45) is 0 Å². The van der Waals surface area contributed by atoms with Crippen LogP contribution in [0.5, 0.6) is 5.75 Å². The lowest BCUT2D eigenvalue weighted by atomic mass is 10.2. The Morgan fingerprint density at radius 1 is 1.04 bits per heavy atom. The highest BCUT2D eigenvalue weighted by molar-refractivity contribution is 7.92. The number of rotatable bonds is 8. The molecule has 1 N–H and O–H groups in total. The number of hydrogen-bond acceptors (Lipinski definition) is 5. The number of aryl methyl sites for hydroxylation is 1. The van der Waals surface area contributed by atoms with Gasteiger partial charge in [-0.05, 0) is 45.3 Å². The van der Waals surface area contributed by atoms with Crippen LogP contribution in [0.25, 0.3) is 0 Å². The van der Waals surface area contributed by atoms with Gasteiger partial charge in [0.1, 0.15) is 5.75 Å². The fourth-order valence-electron chi connectivity index (χ4n) is 2.67. The van der Waals surface area contributed by atoms with Gasteiger partial charge < -0.3 is 14.7 Å². The third kappa shape index (κ3) is 4.75. The van der Waals surface area contributed by atoms with Crippen molar-refractivity contribution in [2.75, 3.05) is 38.6 Å². The highest BCUT2D eigenvalue weighted by Crippen LogP contribution is 2.32. The van der Waals surface area contributed by atoms with Crippen LogP contribution in [0.1, 0.15) is 5.56 Å². The van der Waals surface area contributed by atoms with Gasteiger partial charge in [-0.3, -0.25) is 4.31 Å². The number of likely N-dealkylation sites (N-methyl/N-ethyl adjacent to an activating group) is 1. The summed E-state index contributed by atoms with van der Waals surface area (Å²) in [6.07, 6.45) is -0.852. The second-order valence-corrected chi connectivity index (χ2v) is 8.30. The number of para-hydroxylation sites is 2. The summed E-state index contributed by atoms with van der Waals surface area (Å²) in [5, 5.41) is 10.4. The lowest BCUT2D eigenvalue weighted by Crippen LogP contribution is -2.41. The van der Waals surface area contributed by atoms with Crippen molar-refractivity contribution in [3.05, 3.63) is 54.1 Å². The Hall–Kier alpha value is -2.09. The van der Waals surface area contributed by atoms with E-state index in [0.717, 1.165) is 5.56 Å². The van der Waals surface area contributed by atoms with Crippen LogP contribution < -0.4 is 9.04 Å². The van der Waals surface area contributed by atoms with Crippen LogP contribution in [0.4, 0.5) is 5.69 Å². The van der Waals surface area contributed by atoms with E-state index in [1.54, 1.807) is 48.5 Å². The first kappa shape index (κ1) is 20.2. The molecule has 2 aromatic rings.